The lowest BCUT2D eigenvalue weighted by Crippen LogP contribution is -2.34. The third-order valence-electron chi connectivity index (χ3n) is 5.99. The number of rotatable bonds is 10. The summed E-state index contributed by atoms with van der Waals surface area (Å²) in [5.74, 6) is -0.408. The van der Waals surface area contributed by atoms with Gasteiger partial charge in [-0.25, -0.2) is 4.79 Å². The zero-order valence-electron chi connectivity index (χ0n) is 20.5. The lowest BCUT2D eigenvalue weighted by molar-refractivity contribution is -0.121. The number of nitrogens with zero attached hydrogens (tertiary/aromatic N) is 1. The second kappa shape index (κ2) is 13.0. The summed E-state index contributed by atoms with van der Waals surface area (Å²) in [6, 6.07) is 13.2. The summed E-state index contributed by atoms with van der Waals surface area (Å²) >= 11 is 0. The minimum atomic E-state index is -1.04. The van der Waals surface area contributed by atoms with E-state index in [2.05, 4.69) is 42.3 Å². The number of carboxylic acid groups (broad SMARTS) is 1. The number of nitrogens with one attached hydrogen (secondary N) is 1. The lowest BCUT2D eigenvalue weighted by atomic mass is 9.94. The molecule has 0 spiro atoms. The van der Waals surface area contributed by atoms with Crippen molar-refractivity contribution in [1.29, 1.82) is 0 Å². The topological polar surface area (TPSA) is 110 Å². The molecular weight excluding hydrogens is 432 g/mol. The van der Waals surface area contributed by atoms with Gasteiger partial charge in [-0.2, -0.15) is 0 Å². The molecule has 4 N–H and O–H groups in total. The van der Waals surface area contributed by atoms with Gasteiger partial charge in [0.05, 0.1) is 19.1 Å². The number of anilines is 1. The molecule has 1 fully saturated rings. The second-order valence-corrected chi connectivity index (χ2v) is 9.10. The highest BCUT2D eigenvalue weighted by molar-refractivity contribution is 5.91. The maximum Gasteiger partial charge on any atom is 0.339 e. The number of carbonyl (C=O) groups is 2. The molecule has 1 heterocycles. The van der Waals surface area contributed by atoms with Gasteiger partial charge in [0, 0.05) is 18.8 Å². The fourth-order valence-electron chi connectivity index (χ4n) is 4.50. The first-order chi connectivity index (χ1) is 15.9. The molecule has 1 amide bonds. The van der Waals surface area contributed by atoms with Gasteiger partial charge in [0.15, 0.2) is 0 Å². The third kappa shape index (κ3) is 7.22. The number of carboxylic acids is 1. The highest BCUT2D eigenvalue weighted by Gasteiger charge is 2.23. The number of amides is 1. The van der Waals surface area contributed by atoms with E-state index in [0.717, 1.165) is 30.6 Å². The molecule has 1 saturated heterocycles. The summed E-state index contributed by atoms with van der Waals surface area (Å²) in [5.41, 5.74) is 3.22. The van der Waals surface area contributed by atoms with Crippen LogP contribution in [0.2, 0.25) is 0 Å². The summed E-state index contributed by atoms with van der Waals surface area (Å²) in [6.07, 6.45) is 4.68. The van der Waals surface area contributed by atoms with Crippen molar-refractivity contribution in [2.24, 2.45) is 5.92 Å². The van der Waals surface area contributed by atoms with Crippen molar-refractivity contribution in [1.82, 2.24) is 5.32 Å². The quantitative estimate of drug-likeness (QED) is 0.535. The molecule has 1 unspecified atom stereocenters. The normalized spacial score (nSPS) is 14.3. The SMILES string of the molecule is CCOc1cc(CC(=O)NC(CC(C)C)c2ccccc2N2CCCCC2)ccc1C(=O)O.O. The Balaban J connectivity index is 0.00000408. The van der Waals surface area contributed by atoms with Gasteiger partial charge in [-0.05, 0) is 67.9 Å². The molecule has 0 radical (unpaired) electrons. The van der Waals surface area contributed by atoms with Crippen LogP contribution in [0.3, 0.4) is 0 Å². The Morgan fingerprint density at radius 1 is 1.09 bits per heavy atom. The van der Waals surface area contributed by atoms with Crippen LogP contribution in [-0.2, 0) is 11.2 Å². The molecule has 3 rings (SSSR count). The summed E-state index contributed by atoms with van der Waals surface area (Å²) in [5, 5.41) is 12.6. The van der Waals surface area contributed by atoms with E-state index in [9.17, 15) is 14.7 Å². The Morgan fingerprint density at radius 3 is 2.44 bits per heavy atom. The van der Waals surface area contributed by atoms with Crippen LogP contribution in [0.5, 0.6) is 5.75 Å². The molecule has 34 heavy (non-hydrogen) atoms. The van der Waals surface area contributed by atoms with Crippen LogP contribution in [0, 0.1) is 5.92 Å². The van der Waals surface area contributed by atoms with Crippen LogP contribution >= 0.6 is 0 Å². The summed E-state index contributed by atoms with van der Waals surface area (Å²) < 4.78 is 5.49. The van der Waals surface area contributed by atoms with Gasteiger partial charge in [0.25, 0.3) is 0 Å². The fraction of sp³-hybridized carbons (Fsp3) is 0.481. The van der Waals surface area contributed by atoms with Crippen LogP contribution in [0.15, 0.2) is 42.5 Å². The average Bonchev–Trinajstić information content (AvgIpc) is 2.79. The number of carbonyl (C=O) groups excluding carboxylic acids is 1. The van der Waals surface area contributed by atoms with E-state index >= 15 is 0 Å². The first kappa shape index (κ1) is 27.2. The van der Waals surface area contributed by atoms with Gasteiger partial charge in [0.2, 0.25) is 5.91 Å². The molecule has 2 aromatic carbocycles. The Labute approximate surface area is 202 Å². The predicted molar refractivity (Wildman–Crippen MR) is 135 cm³/mol. The van der Waals surface area contributed by atoms with Gasteiger partial charge in [-0.1, -0.05) is 38.1 Å². The first-order valence-electron chi connectivity index (χ1n) is 12.0. The molecule has 0 aromatic heterocycles. The molecule has 1 atom stereocenters. The van der Waals surface area contributed by atoms with E-state index < -0.39 is 5.97 Å². The lowest BCUT2D eigenvalue weighted by Gasteiger charge is -2.33. The number of benzene rings is 2. The monoisotopic (exact) mass is 470 g/mol. The Kier molecular flexibility index (Phi) is 10.4. The predicted octanol–water partition coefficient (Wildman–Crippen LogP) is 4.40. The van der Waals surface area contributed by atoms with Crippen LogP contribution in [0.25, 0.3) is 0 Å². The molecule has 0 bridgehead atoms. The highest BCUT2D eigenvalue weighted by atomic mass is 16.5. The summed E-state index contributed by atoms with van der Waals surface area (Å²) in [4.78, 5) is 26.9. The number of hydrogen-bond acceptors (Lipinski definition) is 4. The zero-order chi connectivity index (χ0) is 23.8. The van der Waals surface area contributed by atoms with Crippen LogP contribution < -0.4 is 15.0 Å². The van der Waals surface area contributed by atoms with E-state index in [1.165, 1.54) is 31.0 Å². The van der Waals surface area contributed by atoms with Crippen LogP contribution in [-0.4, -0.2) is 42.2 Å². The van der Waals surface area contributed by atoms with E-state index in [1.54, 1.807) is 19.1 Å². The molecule has 2 aromatic rings. The smallest absolute Gasteiger partial charge is 0.339 e. The number of aromatic carboxylic acids is 1. The second-order valence-electron chi connectivity index (χ2n) is 9.10. The van der Waals surface area contributed by atoms with Gasteiger partial charge in [-0.3, -0.25) is 4.79 Å². The Bertz CT molecular complexity index is 954. The van der Waals surface area contributed by atoms with E-state index in [-0.39, 0.29) is 29.4 Å². The average molecular weight is 471 g/mol. The minimum absolute atomic E-state index is 0. The molecule has 7 heteroatoms. The summed E-state index contributed by atoms with van der Waals surface area (Å²) in [6.45, 7) is 8.61. The van der Waals surface area contributed by atoms with Crippen LogP contribution in [0.1, 0.15) is 74.0 Å². The Morgan fingerprint density at radius 2 is 1.79 bits per heavy atom. The molecule has 0 aliphatic carbocycles. The third-order valence-corrected chi connectivity index (χ3v) is 5.99. The molecule has 1 aliphatic heterocycles. The molecule has 1 aliphatic rings. The molecule has 7 nitrogen and oxygen atoms in total. The summed E-state index contributed by atoms with van der Waals surface area (Å²) in [7, 11) is 0. The van der Waals surface area contributed by atoms with Crippen molar-refractivity contribution >= 4 is 17.6 Å². The Hall–Kier alpha value is -3.06. The van der Waals surface area contributed by atoms with Crippen LogP contribution in [0.4, 0.5) is 5.69 Å². The van der Waals surface area contributed by atoms with Gasteiger partial charge in [-0.15, -0.1) is 0 Å². The fourth-order valence-corrected chi connectivity index (χ4v) is 4.50. The number of ether oxygens (including phenoxy) is 1. The number of hydrogen-bond donors (Lipinski definition) is 2. The number of piperidine rings is 1. The number of para-hydroxylation sites is 1. The van der Waals surface area contributed by atoms with E-state index in [1.807, 2.05) is 6.07 Å². The van der Waals surface area contributed by atoms with Gasteiger partial charge < -0.3 is 25.5 Å². The van der Waals surface area contributed by atoms with Gasteiger partial charge >= 0.3 is 5.97 Å². The first-order valence-corrected chi connectivity index (χ1v) is 12.0. The van der Waals surface area contributed by atoms with Crippen molar-refractivity contribution in [2.75, 3.05) is 24.6 Å². The molecule has 186 valence electrons. The maximum absolute atomic E-state index is 13.1. The van der Waals surface area contributed by atoms with Crippen molar-refractivity contribution < 1.29 is 24.9 Å². The molecular formula is C27H38N2O5. The van der Waals surface area contributed by atoms with Gasteiger partial charge in [0.1, 0.15) is 11.3 Å². The zero-order valence-corrected chi connectivity index (χ0v) is 20.5. The standard InChI is InChI=1S/C27H36N2O4.H2O/c1-4-33-25-17-20(12-13-22(25)27(31)32)18-26(30)28-23(16-19(2)3)21-10-6-7-11-24(21)29-14-8-5-9-15-29;/h6-7,10-13,17,19,23H,4-5,8-9,14-16,18H2,1-3H3,(H,28,30)(H,31,32);1H2. The van der Waals surface area contributed by atoms with Crippen molar-refractivity contribution in [2.45, 2.75) is 58.9 Å². The van der Waals surface area contributed by atoms with Crippen molar-refractivity contribution in [3.05, 3.63) is 59.2 Å². The highest BCUT2D eigenvalue weighted by Crippen LogP contribution is 2.32. The van der Waals surface area contributed by atoms with Crippen molar-refractivity contribution in [3.8, 4) is 5.75 Å². The van der Waals surface area contributed by atoms with Crippen molar-refractivity contribution in [3.63, 3.8) is 0 Å². The van der Waals surface area contributed by atoms with E-state index in [4.69, 9.17) is 4.74 Å². The van der Waals surface area contributed by atoms with E-state index in [0.29, 0.717) is 18.3 Å². The minimum Gasteiger partial charge on any atom is -0.493 e. The largest absolute Gasteiger partial charge is 0.493 e. The maximum atomic E-state index is 13.1. The molecule has 0 saturated carbocycles.